The molecule has 0 N–H and O–H groups in total. The Kier molecular flexibility index (Phi) is 14.5. The number of benzene rings is 2. The van der Waals surface area contributed by atoms with E-state index < -0.39 is 0 Å². The summed E-state index contributed by atoms with van der Waals surface area (Å²) in [5, 5.41) is 0. The van der Waals surface area contributed by atoms with Crippen LogP contribution < -0.4 is 14.2 Å². The van der Waals surface area contributed by atoms with Crippen molar-refractivity contribution in [2.24, 2.45) is 0 Å². The fourth-order valence-corrected chi connectivity index (χ4v) is 3.50. The summed E-state index contributed by atoms with van der Waals surface area (Å²) in [7, 11) is 0. The average molecular weight is 497 g/mol. The van der Waals surface area contributed by atoms with E-state index in [1.807, 2.05) is 12.1 Å². The number of Topliss-reactive ketones (excluding diaryl/α,β-unsaturated/α-hetero) is 1. The Morgan fingerprint density at radius 1 is 0.722 bits per heavy atom. The molecule has 0 unspecified atom stereocenters. The highest BCUT2D eigenvalue weighted by atomic mass is 16.5. The Labute approximate surface area is 215 Å². The number of ether oxygens (including phenoxy) is 4. The number of unbranched alkanes of at least 4 members (excludes halogenated alkanes) is 7. The highest BCUT2D eigenvalue weighted by Crippen LogP contribution is 2.18. The van der Waals surface area contributed by atoms with E-state index in [9.17, 15) is 9.59 Å². The molecule has 0 aliphatic heterocycles. The fourth-order valence-electron chi connectivity index (χ4n) is 3.50. The molecule has 196 valence electrons. The minimum absolute atomic E-state index is 0.0777. The smallest absolute Gasteiger partial charge is 0.310 e. The lowest BCUT2D eigenvalue weighted by Crippen LogP contribution is -2.19. The van der Waals surface area contributed by atoms with Crippen molar-refractivity contribution in [1.29, 1.82) is 0 Å². The van der Waals surface area contributed by atoms with Gasteiger partial charge in [0.05, 0.1) is 13.0 Å². The molecule has 0 bridgehead atoms. The highest BCUT2D eigenvalue weighted by Gasteiger charge is 2.07. The summed E-state index contributed by atoms with van der Waals surface area (Å²) in [5.74, 6) is 1.46. The Hall–Kier alpha value is -3.28. The zero-order chi connectivity index (χ0) is 25.8. The van der Waals surface area contributed by atoms with Gasteiger partial charge in [-0.1, -0.05) is 76.7 Å². The Bertz CT molecular complexity index is 889. The molecular weight excluding hydrogens is 456 g/mol. The Morgan fingerprint density at radius 2 is 1.22 bits per heavy atom. The molecule has 0 atom stereocenters. The van der Waals surface area contributed by atoms with Crippen molar-refractivity contribution < 1.29 is 28.5 Å². The molecule has 6 heteroatoms. The molecule has 0 spiro atoms. The van der Waals surface area contributed by atoms with Crippen LogP contribution in [0, 0.1) is 0 Å². The highest BCUT2D eigenvalue weighted by molar-refractivity contribution is 5.81. The van der Waals surface area contributed by atoms with Gasteiger partial charge in [-0.15, -0.1) is 0 Å². The maximum absolute atomic E-state index is 12.1. The summed E-state index contributed by atoms with van der Waals surface area (Å²) in [4.78, 5) is 23.8. The van der Waals surface area contributed by atoms with Crippen LogP contribution in [0.4, 0.5) is 0 Å². The molecule has 2 aromatic carbocycles. The van der Waals surface area contributed by atoms with Crippen molar-refractivity contribution in [2.45, 2.75) is 64.7 Å². The van der Waals surface area contributed by atoms with E-state index in [-0.39, 0.29) is 38.0 Å². The second-order valence-electron chi connectivity index (χ2n) is 8.70. The summed E-state index contributed by atoms with van der Waals surface area (Å²) < 4.78 is 21.8. The third kappa shape index (κ3) is 13.0. The molecule has 0 saturated heterocycles. The molecule has 0 aromatic heterocycles. The summed E-state index contributed by atoms with van der Waals surface area (Å²) in [6.45, 7) is 6.48. The van der Waals surface area contributed by atoms with Crippen LogP contribution in [0.3, 0.4) is 0 Å². The van der Waals surface area contributed by atoms with Crippen LogP contribution in [0.15, 0.2) is 61.2 Å². The van der Waals surface area contributed by atoms with Crippen molar-refractivity contribution in [1.82, 2.24) is 0 Å². The molecule has 0 aliphatic carbocycles. The molecule has 0 aliphatic rings. The maximum atomic E-state index is 12.1. The molecule has 2 rings (SSSR count). The van der Waals surface area contributed by atoms with Crippen LogP contribution in [0.25, 0.3) is 0 Å². The zero-order valence-corrected chi connectivity index (χ0v) is 21.5. The summed E-state index contributed by atoms with van der Waals surface area (Å²) in [6, 6.07) is 14.3. The normalized spacial score (nSPS) is 10.5. The summed E-state index contributed by atoms with van der Waals surface area (Å²) in [6.07, 6.45) is 11.9. The molecule has 36 heavy (non-hydrogen) atoms. The van der Waals surface area contributed by atoms with Gasteiger partial charge in [-0.05, 0) is 48.4 Å². The van der Waals surface area contributed by atoms with E-state index in [0.29, 0.717) is 18.1 Å². The van der Waals surface area contributed by atoms with Gasteiger partial charge in [0.15, 0.2) is 0 Å². The molecule has 0 radical (unpaired) electrons. The Morgan fingerprint density at radius 3 is 1.78 bits per heavy atom. The number of carbonyl (C=O) groups excluding carboxylic acids is 2. The summed E-state index contributed by atoms with van der Waals surface area (Å²) >= 11 is 0. The lowest BCUT2D eigenvalue weighted by atomic mass is 10.1. The van der Waals surface area contributed by atoms with E-state index in [1.54, 1.807) is 36.4 Å². The van der Waals surface area contributed by atoms with Gasteiger partial charge >= 0.3 is 5.97 Å². The van der Waals surface area contributed by atoms with Gasteiger partial charge in [-0.3, -0.25) is 9.59 Å². The van der Waals surface area contributed by atoms with Crippen LogP contribution in [0.5, 0.6) is 17.2 Å². The maximum Gasteiger partial charge on any atom is 0.310 e. The van der Waals surface area contributed by atoms with E-state index in [2.05, 4.69) is 13.5 Å². The molecule has 0 heterocycles. The van der Waals surface area contributed by atoms with Crippen molar-refractivity contribution in [3.8, 4) is 17.2 Å². The minimum Gasteiger partial charge on any atom is -0.494 e. The van der Waals surface area contributed by atoms with Crippen LogP contribution in [-0.4, -0.2) is 38.2 Å². The predicted octanol–water partition coefficient (Wildman–Crippen LogP) is 6.50. The topological polar surface area (TPSA) is 71.1 Å². The fraction of sp³-hybridized carbons (Fsp3) is 0.467. The Balaban J connectivity index is 1.57. The molecule has 2 aromatic rings. The SMILES string of the molecule is C=CCOC(=O)Cc1ccc(OCC(=O)COc2ccc(OCCCCCCCCCC)cc2)cc1. The van der Waals surface area contributed by atoms with Crippen molar-refractivity contribution in [3.05, 3.63) is 66.7 Å². The average Bonchev–Trinajstić information content (AvgIpc) is 2.90. The largest absolute Gasteiger partial charge is 0.494 e. The van der Waals surface area contributed by atoms with Crippen molar-refractivity contribution >= 4 is 11.8 Å². The lowest BCUT2D eigenvalue weighted by molar-refractivity contribution is -0.141. The number of hydrogen-bond acceptors (Lipinski definition) is 6. The molecule has 0 saturated carbocycles. The van der Waals surface area contributed by atoms with Crippen LogP contribution in [0.1, 0.15) is 63.9 Å². The minimum atomic E-state index is -0.320. The van der Waals surface area contributed by atoms with Gasteiger partial charge in [0.2, 0.25) is 5.78 Å². The molecule has 0 amide bonds. The number of carbonyl (C=O) groups is 2. The van der Waals surface area contributed by atoms with Crippen molar-refractivity contribution in [3.63, 3.8) is 0 Å². The van der Waals surface area contributed by atoms with E-state index >= 15 is 0 Å². The first-order valence-corrected chi connectivity index (χ1v) is 13.0. The zero-order valence-electron chi connectivity index (χ0n) is 21.5. The van der Waals surface area contributed by atoms with Gasteiger partial charge in [0.25, 0.3) is 0 Å². The van der Waals surface area contributed by atoms with E-state index in [1.165, 1.54) is 51.0 Å². The number of rotatable bonds is 20. The third-order valence-corrected chi connectivity index (χ3v) is 5.52. The van der Waals surface area contributed by atoms with E-state index in [4.69, 9.17) is 18.9 Å². The number of ketones is 1. The van der Waals surface area contributed by atoms with Gasteiger partial charge in [0, 0.05) is 0 Å². The first-order chi connectivity index (χ1) is 17.6. The second kappa shape index (κ2) is 18.1. The monoisotopic (exact) mass is 496 g/mol. The number of hydrogen-bond donors (Lipinski definition) is 0. The standard InChI is InChI=1S/C30H40O6/c1-3-5-6-7-8-9-10-11-21-33-27-16-18-29(19-17-27)36-24-26(31)23-35-28-14-12-25(13-15-28)22-30(32)34-20-4-2/h4,12-19H,2-3,5-11,20-24H2,1H3. The van der Waals surface area contributed by atoms with Gasteiger partial charge in [-0.25, -0.2) is 0 Å². The first kappa shape index (κ1) is 29.0. The molecule has 0 fully saturated rings. The predicted molar refractivity (Wildman–Crippen MR) is 142 cm³/mol. The van der Waals surface area contributed by atoms with Crippen LogP contribution in [-0.2, 0) is 20.7 Å². The molecular formula is C30H40O6. The summed E-state index contributed by atoms with van der Waals surface area (Å²) in [5.41, 5.74) is 0.802. The van der Waals surface area contributed by atoms with Gasteiger partial charge in [0.1, 0.15) is 37.1 Å². The molecule has 6 nitrogen and oxygen atoms in total. The third-order valence-electron chi connectivity index (χ3n) is 5.52. The number of esters is 1. The van der Waals surface area contributed by atoms with Crippen LogP contribution >= 0.6 is 0 Å². The van der Waals surface area contributed by atoms with Crippen LogP contribution in [0.2, 0.25) is 0 Å². The van der Waals surface area contributed by atoms with Gasteiger partial charge in [-0.2, -0.15) is 0 Å². The lowest BCUT2D eigenvalue weighted by Gasteiger charge is -2.09. The van der Waals surface area contributed by atoms with Gasteiger partial charge < -0.3 is 18.9 Å². The van der Waals surface area contributed by atoms with Crippen molar-refractivity contribution in [2.75, 3.05) is 26.4 Å². The van der Waals surface area contributed by atoms with E-state index in [0.717, 1.165) is 17.7 Å². The quantitative estimate of drug-likeness (QED) is 0.118. The first-order valence-electron chi connectivity index (χ1n) is 13.0. The second-order valence-corrected chi connectivity index (χ2v) is 8.70.